The van der Waals surface area contributed by atoms with Gasteiger partial charge in [0.25, 0.3) is 0 Å². The van der Waals surface area contributed by atoms with Gasteiger partial charge in [-0.3, -0.25) is 0 Å². The summed E-state index contributed by atoms with van der Waals surface area (Å²) >= 11 is 0. The van der Waals surface area contributed by atoms with Gasteiger partial charge < -0.3 is 19.9 Å². The van der Waals surface area contributed by atoms with E-state index in [1.807, 2.05) is 6.92 Å². The summed E-state index contributed by atoms with van der Waals surface area (Å²) in [6.07, 6.45) is -0.851. The molecular weight excluding hydrogens is 268 g/mol. The largest absolute Gasteiger partial charge is 0.389 e. The van der Waals surface area contributed by atoms with Crippen molar-refractivity contribution < 1.29 is 23.4 Å². The summed E-state index contributed by atoms with van der Waals surface area (Å²) in [7, 11) is 0. The van der Waals surface area contributed by atoms with Gasteiger partial charge >= 0.3 is 0 Å². The van der Waals surface area contributed by atoms with E-state index in [1.165, 1.54) is 12.1 Å². The molecule has 0 fully saturated rings. The molecular formula is C14H21F2NO3. The van der Waals surface area contributed by atoms with Crippen LogP contribution in [0, 0.1) is 18.6 Å². The van der Waals surface area contributed by atoms with Crippen LogP contribution in [0.1, 0.15) is 12.5 Å². The average molecular weight is 289 g/mol. The van der Waals surface area contributed by atoms with Crippen molar-refractivity contribution in [2.75, 3.05) is 38.3 Å². The smallest absolute Gasteiger partial charge is 0.152 e. The molecule has 1 unspecified atom stereocenters. The Morgan fingerprint density at radius 3 is 2.65 bits per heavy atom. The van der Waals surface area contributed by atoms with E-state index in [-0.39, 0.29) is 18.8 Å². The third-order valence-electron chi connectivity index (χ3n) is 2.69. The van der Waals surface area contributed by atoms with Crippen LogP contribution < -0.4 is 5.32 Å². The molecule has 2 N–H and O–H groups in total. The van der Waals surface area contributed by atoms with Crippen molar-refractivity contribution in [2.45, 2.75) is 20.0 Å². The van der Waals surface area contributed by atoms with Crippen molar-refractivity contribution in [1.29, 1.82) is 0 Å². The molecule has 1 aromatic carbocycles. The minimum Gasteiger partial charge on any atom is -0.389 e. The van der Waals surface area contributed by atoms with Gasteiger partial charge in [0.15, 0.2) is 5.82 Å². The first-order valence-corrected chi connectivity index (χ1v) is 6.58. The quantitative estimate of drug-likeness (QED) is 0.684. The number of aliphatic hydroxyl groups is 1. The van der Waals surface area contributed by atoms with E-state index in [2.05, 4.69) is 5.32 Å². The summed E-state index contributed by atoms with van der Waals surface area (Å²) in [6, 6.07) is 2.55. The fourth-order valence-electron chi connectivity index (χ4n) is 1.58. The predicted molar refractivity (Wildman–Crippen MR) is 72.9 cm³/mol. The average Bonchev–Trinajstić information content (AvgIpc) is 2.43. The van der Waals surface area contributed by atoms with Gasteiger partial charge in [-0.15, -0.1) is 0 Å². The molecule has 20 heavy (non-hydrogen) atoms. The topological polar surface area (TPSA) is 50.7 Å². The molecule has 0 aromatic heterocycles. The molecule has 0 aliphatic carbocycles. The molecule has 1 aromatic rings. The van der Waals surface area contributed by atoms with Gasteiger partial charge in [0.1, 0.15) is 11.5 Å². The Balaban J connectivity index is 2.34. The Hall–Kier alpha value is -1.24. The summed E-state index contributed by atoms with van der Waals surface area (Å²) in [5, 5.41) is 12.2. The van der Waals surface area contributed by atoms with Crippen molar-refractivity contribution in [2.24, 2.45) is 0 Å². The van der Waals surface area contributed by atoms with Gasteiger partial charge in [0.05, 0.1) is 25.9 Å². The highest BCUT2D eigenvalue weighted by Gasteiger charge is 2.12. The molecule has 1 atom stereocenters. The zero-order valence-corrected chi connectivity index (χ0v) is 11.8. The van der Waals surface area contributed by atoms with Crippen molar-refractivity contribution in [1.82, 2.24) is 0 Å². The Morgan fingerprint density at radius 1 is 1.25 bits per heavy atom. The molecule has 0 bridgehead atoms. The lowest BCUT2D eigenvalue weighted by molar-refractivity contribution is 0.0103. The molecule has 6 heteroatoms. The third-order valence-corrected chi connectivity index (χ3v) is 2.69. The predicted octanol–water partition coefficient (Wildman–Crippen LogP) is 2.10. The van der Waals surface area contributed by atoms with Crippen molar-refractivity contribution in [3.63, 3.8) is 0 Å². The van der Waals surface area contributed by atoms with Crippen LogP contribution >= 0.6 is 0 Å². The lowest BCUT2D eigenvalue weighted by Crippen LogP contribution is -2.26. The van der Waals surface area contributed by atoms with Gasteiger partial charge in [-0.05, 0) is 25.5 Å². The number of anilines is 1. The summed E-state index contributed by atoms with van der Waals surface area (Å²) in [6.45, 7) is 4.95. The fourth-order valence-corrected chi connectivity index (χ4v) is 1.58. The van der Waals surface area contributed by atoms with Crippen molar-refractivity contribution in [3.8, 4) is 0 Å². The van der Waals surface area contributed by atoms with Crippen LogP contribution in [0.15, 0.2) is 12.1 Å². The minimum atomic E-state index is -0.851. The lowest BCUT2D eigenvalue weighted by Gasteiger charge is -2.15. The minimum absolute atomic E-state index is 0.00588. The summed E-state index contributed by atoms with van der Waals surface area (Å²) in [5.41, 5.74) is 0.120. The van der Waals surface area contributed by atoms with Gasteiger partial charge in [0.2, 0.25) is 0 Å². The number of halogens is 2. The maximum atomic E-state index is 13.7. The van der Waals surface area contributed by atoms with E-state index in [1.54, 1.807) is 6.92 Å². The highest BCUT2D eigenvalue weighted by atomic mass is 19.1. The van der Waals surface area contributed by atoms with Crippen LogP contribution in [0.2, 0.25) is 0 Å². The SMILES string of the molecule is CCOCCOCC(O)CNc1c(F)ccc(C)c1F. The van der Waals surface area contributed by atoms with E-state index >= 15 is 0 Å². The van der Waals surface area contributed by atoms with Gasteiger partial charge in [-0.2, -0.15) is 0 Å². The van der Waals surface area contributed by atoms with E-state index in [0.29, 0.717) is 25.4 Å². The fraction of sp³-hybridized carbons (Fsp3) is 0.571. The van der Waals surface area contributed by atoms with Crippen molar-refractivity contribution in [3.05, 3.63) is 29.3 Å². The van der Waals surface area contributed by atoms with Gasteiger partial charge in [-0.1, -0.05) is 6.07 Å². The number of hydrogen-bond acceptors (Lipinski definition) is 4. The first kappa shape index (κ1) is 16.8. The maximum Gasteiger partial charge on any atom is 0.152 e. The van der Waals surface area contributed by atoms with E-state index in [4.69, 9.17) is 9.47 Å². The molecule has 0 aliphatic heterocycles. The zero-order chi connectivity index (χ0) is 15.0. The second-order valence-electron chi connectivity index (χ2n) is 4.36. The first-order chi connectivity index (χ1) is 9.56. The number of benzene rings is 1. The van der Waals surface area contributed by atoms with Crippen molar-refractivity contribution >= 4 is 5.69 Å². The molecule has 4 nitrogen and oxygen atoms in total. The third kappa shape index (κ3) is 5.40. The normalized spacial score (nSPS) is 12.4. The highest BCUT2D eigenvalue weighted by molar-refractivity contribution is 5.48. The molecule has 114 valence electrons. The summed E-state index contributed by atoms with van der Waals surface area (Å²) < 4.78 is 37.3. The summed E-state index contributed by atoms with van der Waals surface area (Å²) in [5.74, 6) is -1.33. The summed E-state index contributed by atoms with van der Waals surface area (Å²) in [4.78, 5) is 0. The number of ether oxygens (including phenoxy) is 2. The van der Waals surface area contributed by atoms with Crippen LogP contribution in [-0.4, -0.2) is 44.2 Å². The number of rotatable bonds is 9. The lowest BCUT2D eigenvalue weighted by atomic mass is 10.2. The Kier molecular flexibility index (Phi) is 7.43. The van der Waals surface area contributed by atoms with E-state index in [0.717, 1.165) is 0 Å². The molecule has 0 aliphatic rings. The molecule has 0 saturated carbocycles. The number of nitrogens with one attached hydrogen (secondary N) is 1. The number of aryl methyl sites for hydroxylation is 1. The molecule has 0 radical (unpaired) electrons. The number of hydrogen-bond donors (Lipinski definition) is 2. The second-order valence-corrected chi connectivity index (χ2v) is 4.36. The molecule has 0 amide bonds. The van der Waals surface area contributed by atoms with E-state index < -0.39 is 17.7 Å². The molecule has 0 heterocycles. The van der Waals surface area contributed by atoms with Gasteiger partial charge in [-0.25, -0.2) is 8.78 Å². The monoisotopic (exact) mass is 289 g/mol. The van der Waals surface area contributed by atoms with Crippen LogP contribution in [0.25, 0.3) is 0 Å². The zero-order valence-electron chi connectivity index (χ0n) is 11.8. The van der Waals surface area contributed by atoms with Gasteiger partial charge in [0, 0.05) is 13.2 Å². The Morgan fingerprint density at radius 2 is 1.95 bits per heavy atom. The van der Waals surface area contributed by atoms with Crippen LogP contribution in [0.3, 0.4) is 0 Å². The van der Waals surface area contributed by atoms with E-state index in [9.17, 15) is 13.9 Å². The van der Waals surface area contributed by atoms with Crippen LogP contribution in [-0.2, 0) is 9.47 Å². The second kappa shape index (κ2) is 8.84. The van der Waals surface area contributed by atoms with Crippen LogP contribution in [0.4, 0.5) is 14.5 Å². The van der Waals surface area contributed by atoms with Crippen LogP contribution in [0.5, 0.6) is 0 Å². The Bertz CT molecular complexity index is 416. The first-order valence-electron chi connectivity index (χ1n) is 6.58. The Labute approximate surface area is 117 Å². The standard InChI is InChI=1S/C14H21F2NO3/c1-3-19-6-7-20-9-11(18)8-17-14-12(15)5-4-10(2)13(14)16/h4-5,11,17-18H,3,6-9H2,1-2H3. The molecule has 0 saturated heterocycles. The molecule has 0 spiro atoms. The number of aliphatic hydroxyl groups excluding tert-OH is 1. The highest BCUT2D eigenvalue weighted by Crippen LogP contribution is 2.21. The maximum absolute atomic E-state index is 13.7. The molecule has 1 rings (SSSR count).